The summed E-state index contributed by atoms with van der Waals surface area (Å²) in [6.45, 7) is 3.42. The number of aromatic nitrogens is 4. The third kappa shape index (κ3) is 19.1. The molecule has 4 heterocycles. The van der Waals surface area contributed by atoms with Crippen molar-refractivity contribution in [2.75, 3.05) is 32.4 Å². The Labute approximate surface area is 376 Å². The number of benzene rings is 2. The predicted octanol–water partition coefficient (Wildman–Crippen LogP) is 4.81. The molecule has 6 rings (SSSR count). The maximum Gasteiger partial charge on any atom is 0.303 e. The molecule has 0 aliphatic rings. The quantitative estimate of drug-likeness (QED) is 0.0477. The summed E-state index contributed by atoms with van der Waals surface area (Å²) in [4.78, 5) is 54.0. The van der Waals surface area contributed by atoms with Gasteiger partial charge >= 0.3 is 5.97 Å². The van der Waals surface area contributed by atoms with E-state index in [0.29, 0.717) is 24.4 Å². The fourth-order valence-electron chi connectivity index (χ4n) is 5.70. The summed E-state index contributed by atoms with van der Waals surface area (Å²) in [6, 6.07) is 38.6. The molecule has 6 aromatic rings. The molecular weight excluding hydrogens is 987 g/mol. The van der Waals surface area contributed by atoms with Crippen LogP contribution in [0.25, 0.3) is 33.9 Å². The number of amides is 2. The molecular formula is C46H50IrN7O7S-. The average molecular weight is 1040 g/mol. The summed E-state index contributed by atoms with van der Waals surface area (Å²) in [7, 11) is -2.64. The molecule has 1 radical (unpaired) electrons. The molecule has 0 aliphatic carbocycles. The second-order valence-electron chi connectivity index (χ2n) is 13.9. The number of carbonyl (C=O) groups excluding carboxylic acids is 2. The van der Waals surface area contributed by atoms with E-state index in [1.165, 1.54) is 18.3 Å². The van der Waals surface area contributed by atoms with E-state index in [-0.39, 0.29) is 38.6 Å². The van der Waals surface area contributed by atoms with E-state index in [1.807, 2.05) is 105 Å². The van der Waals surface area contributed by atoms with E-state index in [1.54, 1.807) is 24.7 Å². The summed E-state index contributed by atoms with van der Waals surface area (Å²) in [5, 5.41) is 13.6. The summed E-state index contributed by atoms with van der Waals surface area (Å²) >= 11 is 0. The van der Waals surface area contributed by atoms with Gasteiger partial charge in [-0.05, 0) is 79.5 Å². The van der Waals surface area contributed by atoms with Gasteiger partial charge in [-0.3, -0.25) is 28.9 Å². The van der Waals surface area contributed by atoms with Crippen molar-refractivity contribution in [2.45, 2.75) is 38.6 Å². The fraction of sp³-hybridized carbons (Fsp3) is 0.239. The summed E-state index contributed by atoms with van der Waals surface area (Å²) in [5.41, 5.74) is 6.11. The number of carboxylic acid groups (broad SMARTS) is 1. The van der Waals surface area contributed by atoms with Gasteiger partial charge in [0.05, 0.1) is 38.1 Å². The SMILES string of the molecule is Cc1ccnc(-c2cc(C(=O)NC(CS(=O)(=O)O)C(=O)NCC[NH+](C)CCCCCC(=O)O)ccn2)c1.[Ir].[c-]1ccccc1-c1ccccn1.[c-]1ccccc1-c1ccccn1. The van der Waals surface area contributed by atoms with Crippen LogP contribution in [-0.4, -0.2) is 94.3 Å². The van der Waals surface area contributed by atoms with Crippen LogP contribution in [0, 0.1) is 19.1 Å². The van der Waals surface area contributed by atoms with Crippen LogP contribution in [0.5, 0.6) is 0 Å². The standard InChI is InChI=1S/C24H33N5O7S.2C11H8N.Ir/c1-17-7-9-25-19(14-17)20-15-18(8-10-26-20)23(32)28-21(16-37(34,35)36)24(33)27-11-13-29(2)12-5-3-4-6-22(30)31;2*1-2-6-10(7-3-1)11-8-4-5-9-12-11;/h7-10,14-15,21H,3-6,11-13,16H2,1-2H3,(H,27,33)(H,28,32)(H,30,31)(H,34,35,36);2*1-6,8-9H;/q;2*-1;/p+1. The number of nitrogens with zero attached hydrogens (tertiary/aromatic N) is 4. The van der Waals surface area contributed by atoms with Crippen LogP contribution < -0.4 is 15.5 Å². The van der Waals surface area contributed by atoms with Crippen molar-refractivity contribution in [1.29, 1.82) is 0 Å². The van der Waals surface area contributed by atoms with Crippen molar-refractivity contribution in [3.8, 4) is 33.9 Å². The molecule has 2 unspecified atom stereocenters. The van der Waals surface area contributed by atoms with Gasteiger partial charge in [0.25, 0.3) is 16.0 Å². The number of nitrogens with one attached hydrogen (secondary N) is 3. The molecule has 0 saturated heterocycles. The van der Waals surface area contributed by atoms with E-state index in [2.05, 4.69) is 42.7 Å². The van der Waals surface area contributed by atoms with Crippen LogP contribution in [0.4, 0.5) is 0 Å². The number of rotatable bonds is 17. The maximum atomic E-state index is 12.8. The van der Waals surface area contributed by atoms with E-state index in [4.69, 9.17) is 5.11 Å². The zero-order valence-corrected chi connectivity index (χ0v) is 37.6. The number of quaternary nitrogens is 1. The normalized spacial score (nSPS) is 11.5. The molecule has 14 nitrogen and oxygen atoms in total. The van der Waals surface area contributed by atoms with Gasteiger partial charge < -0.3 is 30.6 Å². The average Bonchev–Trinajstić information content (AvgIpc) is 3.27. The number of pyridine rings is 4. The van der Waals surface area contributed by atoms with Crippen LogP contribution in [0.2, 0.25) is 0 Å². The minimum atomic E-state index is -4.56. The van der Waals surface area contributed by atoms with Crippen molar-refractivity contribution < 1.29 is 57.5 Å². The molecule has 5 N–H and O–H groups in total. The Hall–Kier alpha value is -6.03. The van der Waals surface area contributed by atoms with Crippen molar-refractivity contribution in [1.82, 2.24) is 30.6 Å². The monoisotopic (exact) mass is 1040 g/mol. The van der Waals surface area contributed by atoms with Crippen molar-refractivity contribution in [3.63, 3.8) is 0 Å². The van der Waals surface area contributed by atoms with Gasteiger partial charge in [-0.25, -0.2) is 0 Å². The number of hydrogen-bond acceptors (Lipinski definition) is 9. The Balaban J connectivity index is 0.000000326. The Morgan fingerprint density at radius 1 is 0.710 bits per heavy atom. The van der Waals surface area contributed by atoms with E-state index < -0.39 is 39.7 Å². The smallest absolute Gasteiger partial charge is 0.303 e. The number of aryl methyl sites for hydroxylation is 1. The Morgan fingerprint density at radius 3 is 1.79 bits per heavy atom. The van der Waals surface area contributed by atoms with E-state index >= 15 is 0 Å². The molecule has 2 aromatic carbocycles. The first kappa shape index (κ1) is 50.3. The molecule has 0 fully saturated rings. The van der Waals surface area contributed by atoms with Crippen LogP contribution in [-0.2, 0) is 39.8 Å². The zero-order valence-electron chi connectivity index (χ0n) is 34.4. The van der Waals surface area contributed by atoms with Crippen LogP contribution in [0.15, 0.2) is 134 Å². The fourth-order valence-corrected chi connectivity index (χ4v) is 6.36. The van der Waals surface area contributed by atoms with Crippen LogP contribution in [0.3, 0.4) is 0 Å². The van der Waals surface area contributed by atoms with E-state index in [0.717, 1.165) is 52.4 Å². The number of aliphatic carboxylic acids is 1. The molecule has 2 atom stereocenters. The molecule has 62 heavy (non-hydrogen) atoms. The third-order valence-corrected chi connectivity index (χ3v) is 9.60. The summed E-state index contributed by atoms with van der Waals surface area (Å²) < 4.78 is 32.3. The second-order valence-corrected chi connectivity index (χ2v) is 15.4. The molecule has 327 valence electrons. The molecule has 16 heteroatoms. The number of likely N-dealkylation sites (N-methyl/N-ethyl adjacent to an activating group) is 1. The third-order valence-electron chi connectivity index (χ3n) is 8.84. The number of carbonyl (C=O) groups is 3. The zero-order chi connectivity index (χ0) is 43.9. The first-order chi connectivity index (χ1) is 29.4. The largest absolute Gasteiger partial charge is 0.481 e. The minimum Gasteiger partial charge on any atom is -0.481 e. The van der Waals surface area contributed by atoms with Gasteiger partial charge in [-0.1, -0.05) is 24.3 Å². The molecule has 0 bridgehead atoms. The van der Waals surface area contributed by atoms with Gasteiger partial charge in [0, 0.05) is 56.9 Å². The first-order valence-corrected chi connectivity index (χ1v) is 21.2. The molecule has 2 amide bonds. The number of carboxylic acids is 1. The first-order valence-electron chi connectivity index (χ1n) is 19.6. The maximum absolute atomic E-state index is 12.8. The molecule has 4 aromatic heterocycles. The summed E-state index contributed by atoms with van der Waals surface area (Å²) in [6.07, 6.45) is 8.97. The van der Waals surface area contributed by atoms with Crippen molar-refractivity contribution in [3.05, 3.63) is 157 Å². The van der Waals surface area contributed by atoms with Gasteiger partial charge in [-0.15, -0.1) is 71.8 Å². The molecule has 0 spiro atoms. The van der Waals surface area contributed by atoms with Gasteiger partial charge in [0.2, 0.25) is 5.91 Å². The molecule has 0 aliphatic heterocycles. The van der Waals surface area contributed by atoms with Crippen molar-refractivity contribution >= 4 is 27.9 Å². The Bertz CT molecular complexity index is 2220. The minimum absolute atomic E-state index is 0. The Kier molecular flexibility index (Phi) is 21.9. The topological polar surface area (TPSA) is 206 Å². The summed E-state index contributed by atoms with van der Waals surface area (Å²) in [5.74, 6) is -3.24. The van der Waals surface area contributed by atoms with E-state index in [9.17, 15) is 27.4 Å². The number of unbranched alkanes of at least 4 members (excludes halogenated alkanes) is 2. The van der Waals surface area contributed by atoms with Crippen molar-refractivity contribution in [2.24, 2.45) is 0 Å². The second kappa shape index (κ2) is 27.0. The van der Waals surface area contributed by atoms with Gasteiger partial charge in [0.15, 0.2) is 0 Å². The number of hydrogen-bond donors (Lipinski definition) is 5. The predicted molar refractivity (Wildman–Crippen MR) is 233 cm³/mol. The van der Waals surface area contributed by atoms with Crippen LogP contribution in [0.1, 0.15) is 41.6 Å². The van der Waals surface area contributed by atoms with Gasteiger partial charge in [0.1, 0.15) is 11.8 Å². The van der Waals surface area contributed by atoms with Gasteiger partial charge in [-0.2, -0.15) is 8.42 Å². The van der Waals surface area contributed by atoms with Crippen LogP contribution >= 0.6 is 0 Å². The molecule has 0 saturated carbocycles. The Morgan fingerprint density at radius 2 is 1.27 bits per heavy atom.